The summed E-state index contributed by atoms with van der Waals surface area (Å²) in [5.74, 6) is 2.70. The molecule has 3 heteroatoms. The number of rotatable bonds is 4. The van der Waals surface area contributed by atoms with Gasteiger partial charge >= 0.3 is 0 Å². The van der Waals surface area contributed by atoms with Crippen LogP contribution in [0.4, 0.5) is 0 Å². The highest BCUT2D eigenvalue weighted by molar-refractivity contribution is 5.27. The number of nitrogens with one attached hydrogen (secondary N) is 1. The lowest BCUT2D eigenvalue weighted by molar-refractivity contribution is 0.189. The lowest BCUT2D eigenvalue weighted by atomic mass is 9.95. The average molecular weight is 260 g/mol. The molecule has 3 nitrogen and oxygen atoms in total. The zero-order chi connectivity index (χ0) is 13.2. The molecule has 0 aromatic heterocycles. The van der Waals surface area contributed by atoms with Gasteiger partial charge in [0.2, 0.25) is 0 Å². The second-order valence-electron chi connectivity index (χ2n) is 5.98. The third kappa shape index (κ3) is 2.77. The van der Waals surface area contributed by atoms with Crippen molar-refractivity contribution in [2.75, 3.05) is 32.8 Å². The Kier molecular flexibility index (Phi) is 3.76. The van der Waals surface area contributed by atoms with E-state index < -0.39 is 0 Å². The van der Waals surface area contributed by atoms with E-state index in [0.29, 0.717) is 6.04 Å². The van der Waals surface area contributed by atoms with Gasteiger partial charge in [0.25, 0.3) is 0 Å². The Bertz CT molecular complexity index is 435. The molecule has 2 heterocycles. The second-order valence-corrected chi connectivity index (χ2v) is 5.98. The van der Waals surface area contributed by atoms with Crippen LogP contribution in [0.5, 0.6) is 5.75 Å². The first kappa shape index (κ1) is 12.9. The monoisotopic (exact) mass is 260 g/mol. The SMILES string of the molecule is Cc1cccc(OCCN2CC3CNCC3C2C)c1. The number of likely N-dealkylation sites (tertiary alicyclic amines) is 1. The molecule has 1 N–H and O–H groups in total. The van der Waals surface area contributed by atoms with Gasteiger partial charge in [-0.05, 0) is 56.5 Å². The molecule has 2 saturated heterocycles. The Balaban J connectivity index is 1.48. The van der Waals surface area contributed by atoms with Crippen LogP contribution < -0.4 is 10.1 Å². The van der Waals surface area contributed by atoms with Crippen molar-refractivity contribution in [2.45, 2.75) is 19.9 Å². The van der Waals surface area contributed by atoms with Crippen molar-refractivity contribution in [3.63, 3.8) is 0 Å². The summed E-state index contributed by atoms with van der Waals surface area (Å²) in [4.78, 5) is 2.59. The molecule has 2 aliphatic rings. The maximum atomic E-state index is 5.86. The van der Waals surface area contributed by atoms with Gasteiger partial charge in [-0.2, -0.15) is 0 Å². The highest BCUT2D eigenvalue weighted by Crippen LogP contribution is 2.31. The molecule has 3 rings (SSSR count). The predicted molar refractivity (Wildman–Crippen MR) is 77.6 cm³/mol. The zero-order valence-electron chi connectivity index (χ0n) is 11.9. The molecule has 0 saturated carbocycles. The lowest BCUT2D eigenvalue weighted by Crippen LogP contribution is -2.36. The topological polar surface area (TPSA) is 24.5 Å². The van der Waals surface area contributed by atoms with Crippen molar-refractivity contribution in [2.24, 2.45) is 11.8 Å². The van der Waals surface area contributed by atoms with Crippen LogP contribution in [0.25, 0.3) is 0 Å². The van der Waals surface area contributed by atoms with Crippen LogP contribution in [0, 0.1) is 18.8 Å². The van der Waals surface area contributed by atoms with Crippen LogP contribution >= 0.6 is 0 Å². The zero-order valence-corrected chi connectivity index (χ0v) is 11.9. The van der Waals surface area contributed by atoms with Crippen LogP contribution in [0.15, 0.2) is 24.3 Å². The number of fused-ring (bicyclic) bond motifs is 1. The number of nitrogens with zero attached hydrogens (tertiary/aromatic N) is 1. The van der Waals surface area contributed by atoms with Crippen LogP contribution in [-0.2, 0) is 0 Å². The van der Waals surface area contributed by atoms with E-state index >= 15 is 0 Å². The Morgan fingerprint density at radius 1 is 1.37 bits per heavy atom. The number of ether oxygens (including phenoxy) is 1. The molecule has 0 bridgehead atoms. The maximum Gasteiger partial charge on any atom is 0.119 e. The summed E-state index contributed by atoms with van der Waals surface area (Å²) in [7, 11) is 0. The quantitative estimate of drug-likeness (QED) is 0.895. The van der Waals surface area contributed by atoms with E-state index in [-0.39, 0.29) is 0 Å². The fourth-order valence-electron chi connectivity index (χ4n) is 3.54. The van der Waals surface area contributed by atoms with Crippen molar-refractivity contribution in [1.82, 2.24) is 10.2 Å². The molecule has 1 aromatic rings. The normalized spacial score (nSPS) is 30.5. The summed E-state index contributed by atoms with van der Waals surface area (Å²) in [6.07, 6.45) is 0. The minimum Gasteiger partial charge on any atom is -0.492 e. The van der Waals surface area contributed by atoms with Gasteiger partial charge in [0, 0.05) is 19.1 Å². The van der Waals surface area contributed by atoms with Crippen molar-refractivity contribution in [1.29, 1.82) is 0 Å². The van der Waals surface area contributed by atoms with E-state index in [0.717, 1.165) is 30.7 Å². The Hall–Kier alpha value is -1.06. The molecule has 0 spiro atoms. The van der Waals surface area contributed by atoms with Gasteiger partial charge in [0.1, 0.15) is 12.4 Å². The number of hydrogen-bond donors (Lipinski definition) is 1. The summed E-state index contributed by atoms with van der Waals surface area (Å²) in [5, 5.41) is 3.51. The summed E-state index contributed by atoms with van der Waals surface area (Å²) in [6.45, 7) is 9.93. The highest BCUT2D eigenvalue weighted by atomic mass is 16.5. The molecule has 2 fully saturated rings. The van der Waals surface area contributed by atoms with E-state index in [1.54, 1.807) is 0 Å². The van der Waals surface area contributed by atoms with Crippen LogP contribution in [0.3, 0.4) is 0 Å². The highest BCUT2D eigenvalue weighted by Gasteiger charge is 2.41. The summed E-state index contributed by atoms with van der Waals surface area (Å²) in [5.41, 5.74) is 1.26. The third-order valence-corrected chi connectivity index (χ3v) is 4.69. The van der Waals surface area contributed by atoms with Gasteiger partial charge < -0.3 is 10.1 Å². The van der Waals surface area contributed by atoms with E-state index in [1.807, 2.05) is 6.07 Å². The molecule has 0 amide bonds. The summed E-state index contributed by atoms with van der Waals surface area (Å²) >= 11 is 0. The third-order valence-electron chi connectivity index (χ3n) is 4.69. The minimum absolute atomic E-state index is 0.695. The molecule has 3 atom stereocenters. The standard InChI is InChI=1S/C16H24N2O/c1-12-4-3-5-15(8-12)19-7-6-18-11-14-9-17-10-16(14)13(18)2/h3-5,8,13-14,16-17H,6-7,9-11H2,1-2H3. The van der Waals surface area contributed by atoms with Gasteiger partial charge in [-0.15, -0.1) is 0 Å². The molecule has 0 aliphatic carbocycles. The van der Waals surface area contributed by atoms with Gasteiger partial charge in [-0.3, -0.25) is 4.90 Å². The van der Waals surface area contributed by atoms with Crippen LogP contribution in [-0.4, -0.2) is 43.7 Å². The molecule has 19 heavy (non-hydrogen) atoms. The molecule has 0 radical (unpaired) electrons. The Labute approximate surface area is 115 Å². The summed E-state index contributed by atoms with van der Waals surface area (Å²) in [6, 6.07) is 9.00. The first-order valence-electron chi connectivity index (χ1n) is 7.38. The van der Waals surface area contributed by atoms with E-state index in [9.17, 15) is 0 Å². The van der Waals surface area contributed by atoms with Crippen LogP contribution in [0.2, 0.25) is 0 Å². The first-order chi connectivity index (χ1) is 9.24. The van der Waals surface area contributed by atoms with E-state index in [2.05, 4.69) is 42.3 Å². The van der Waals surface area contributed by atoms with E-state index in [4.69, 9.17) is 4.74 Å². The fourth-order valence-corrected chi connectivity index (χ4v) is 3.54. The van der Waals surface area contributed by atoms with Crippen molar-refractivity contribution in [3.8, 4) is 5.75 Å². The number of benzene rings is 1. The van der Waals surface area contributed by atoms with Crippen molar-refractivity contribution < 1.29 is 4.74 Å². The maximum absolute atomic E-state index is 5.86. The van der Waals surface area contributed by atoms with Gasteiger partial charge in [-0.1, -0.05) is 12.1 Å². The molecular formula is C16H24N2O. The smallest absolute Gasteiger partial charge is 0.119 e. The average Bonchev–Trinajstić information content (AvgIpc) is 2.94. The summed E-state index contributed by atoms with van der Waals surface area (Å²) < 4.78 is 5.86. The molecule has 2 aliphatic heterocycles. The lowest BCUT2D eigenvalue weighted by Gasteiger charge is -2.24. The van der Waals surface area contributed by atoms with Gasteiger partial charge in [-0.25, -0.2) is 0 Å². The first-order valence-corrected chi connectivity index (χ1v) is 7.38. The number of aryl methyl sites for hydroxylation is 1. The predicted octanol–water partition coefficient (Wildman–Crippen LogP) is 1.91. The number of hydrogen-bond acceptors (Lipinski definition) is 3. The fraction of sp³-hybridized carbons (Fsp3) is 0.625. The van der Waals surface area contributed by atoms with Crippen molar-refractivity contribution in [3.05, 3.63) is 29.8 Å². The minimum atomic E-state index is 0.695. The Morgan fingerprint density at radius 2 is 2.26 bits per heavy atom. The van der Waals surface area contributed by atoms with Crippen molar-refractivity contribution >= 4 is 0 Å². The Morgan fingerprint density at radius 3 is 3.05 bits per heavy atom. The van der Waals surface area contributed by atoms with Gasteiger partial charge in [0.05, 0.1) is 0 Å². The molecule has 104 valence electrons. The van der Waals surface area contributed by atoms with E-state index in [1.165, 1.54) is 25.2 Å². The molecular weight excluding hydrogens is 236 g/mol. The molecule has 3 unspecified atom stereocenters. The van der Waals surface area contributed by atoms with Crippen LogP contribution in [0.1, 0.15) is 12.5 Å². The second kappa shape index (κ2) is 5.51. The molecule has 1 aromatic carbocycles. The van der Waals surface area contributed by atoms with Gasteiger partial charge in [0.15, 0.2) is 0 Å². The largest absolute Gasteiger partial charge is 0.492 e.